The number of carbonyl (C=O) groups excluding carboxylic acids is 2. The molecule has 0 aliphatic carbocycles. The fourth-order valence-electron chi connectivity index (χ4n) is 3.82. The fourth-order valence-corrected chi connectivity index (χ4v) is 4.69. The predicted molar refractivity (Wildman–Crippen MR) is 133 cm³/mol. The molecule has 2 amide bonds. The third-order valence-electron chi connectivity index (χ3n) is 5.71. The highest BCUT2D eigenvalue weighted by Crippen LogP contribution is 2.29. The van der Waals surface area contributed by atoms with Crippen molar-refractivity contribution in [2.75, 3.05) is 26.9 Å². The van der Waals surface area contributed by atoms with Gasteiger partial charge in [0.05, 0.1) is 17.0 Å². The number of aryl methyl sites for hydroxylation is 1. The highest BCUT2D eigenvalue weighted by Gasteiger charge is 2.22. The van der Waals surface area contributed by atoms with Crippen LogP contribution in [0.5, 0.6) is 0 Å². The van der Waals surface area contributed by atoms with Crippen molar-refractivity contribution in [3.8, 4) is 17.1 Å². The number of hydrogen-bond acceptors (Lipinski definition) is 6. The average molecular weight is 510 g/mol. The summed E-state index contributed by atoms with van der Waals surface area (Å²) in [5.74, 6) is -1.00. The molecule has 11 heteroatoms. The topological polar surface area (TPSA) is 114 Å². The Kier molecular flexibility index (Phi) is 6.59. The second kappa shape index (κ2) is 9.50. The third-order valence-corrected chi connectivity index (χ3v) is 6.83. The van der Waals surface area contributed by atoms with Crippen LogP contribution in [0, 0.1) is 12.7 Å². The first-order chi connectivity index (χ1) is 17.0. The predicted octanol–water partition coefficient (Wildman–Crippen LogP) is 2.76. The molecule has 2 aromatic heterocycles. The first kappa shape index (κ1) is 25.0. The number of fused-ring (bicyclic) bond motifs is 1. The minimum atomic E-state index is -3.62. The summed E-state index contributed by atoms with van der Waals surface area (Å²) in [6, 6.07) is 9.31. The monoisotopic (exact) mass is 509 g/mol. The van der Waals surface area contributed by atoms with Crippen LogP contribution in [0.1, 0.15) is 15.9 Å². The van der Waals surface area contributed by atoms with E-state index in [2.05, 4.69) is 15.3 Å². The van der Waals surface area contributed by atoms with Gasteiger partial charge in [0.2, 0.25) is 11.9 Å². The van der Waals surface area contributed by atoms with Crippen molar-refractivity contribution in [2.24, 2.45) is 0 Å². The Hall–Kier alpha value is -4.12. The zero-order chi connectivity index (χ0) is 26.2. The van der Waals surface area contributed by atoms with Crippen LogP contribution in [0.4, 0.5) is 4.39 Å². The van der Waals surface area contributed by atoms with Crippen LogP contribution in [0.2, 0.25) is 0 Å². The van der Waals surface area contributed by atoms with E-state index in [1.165, 1.54) is 60.4 Å². The van der Waals surface area contributed by atoms with Crippen molar-refractivity contribution >= 4 is 32.6 Å². The summed E-state index contributed by atoms with van der Waals surface area (Å²) < 4.78 is 40.7. The van der Waals surface area contributed by atoms with Gasteiger partial charge in [-0.05, 0) is 31.2 Å². The van der Waals surface area contributed by atoms with E-state index in [9.17, 15) is 22.4 Å². The van der Waals surface area contributed by atoms with Crippen molar-refractivity contribution in [3.05, 3.63) is 71.9 Å². The minimum Gasteiger partial charge on any atom is -0.358 e. The number of aromatic nitrogens is 3. The molecule has 0 atom stereocenters. The van der Waals surface area contributed by atoms with Gasteiger partial charge in [-0.1, -0.05) is 17.7 Å². The lowest BCUT2D eigenvalue weighted by molar-refractivity contribution is -0.121. The molecule has 0 aliphatic heterocycles. The maximum Gasteiger partial charge on any atom is 0.254 e. The van der Waals surface area contributed by atoms with Crippen molar-refractivity contribution in [1.29, 1.82) is 0 Å². The lowest BCUT2D eigenvalue weighted by atomic mass is 10.1. The Balaban J connectivity index is 1.81. The Morgan fingerprint density at radius 1 is 1.11 bits per heavy atom. The Morgan fingerprint density at radius 2 is 1.81 bits per heavy atom. The van der Waals surface area contributed by atoms with Gasteiger partial charge < -0.3 is 10.2 Å². The van der Waals surface area contributed by atoms with Gasteiger partial charge in [0.15, 0.2) is 9.84 Å². The van der Waals surface area contributed by atoms with Crippen LogP contribution in [0.25, 0.3) is 28.0 Å². The van der Waals surface area contributed by atoms with E-state index in [4.69, 9.17) is 0 Å². The first-order valence-corrected chi connectivity index (χ1v) is 12.8. The van der Waals surface area contributed by atoms with Gasteiger partial charge in [0.1, 0.15) is 5.82 Å². The summed E-state index contributed by atoms with van der Waals surface area (Å²) in [6.45, 7) is 1.71. The van der Waals surface area contributed by atoms with Crippen LogP contribution >= 0.6 is 0 Å². The summed E-state index contributed by atoms with van der Waals surface area (Å²) in [5.41, 5.74) is 2.34. The van der Waals surface area contributed by atoms with Crippen molar-refractivity contribution in [2.45, 2.75) is 11.8 Å². The molecule has 0 fully saturated rings. The number of halogens is 1. The number of amides is 2. The molecule has 0 saturated carbocycles. The largest absolute Gasteiger partial charge is 0.358 e. The lowest BCUT2D eigenvalue weighted by Gasteiger charge is -2.16. The third kappa shape index (κ3) is 4.82. The summed E-state index contributed by atoms with van der Waals surface area (Å²) in [5, 5.41) is 2.85. The van der Waals surface area contributed by atoms with Gasteiger partial charge in [-0.25, -0.2) is 22.8 Å². The van der Waals surface area contributed by atoms with E-state index in [0.29, 0.717) is 22.0 Å². The Morgan fingerprint density at radius 3 is 2.44 bits per heavy atom. The first-order valence-electron chi connectivity index (χ1n) is 10.9. The Bertz CT molecular complexity index is 1600. The van der Waals surface area contributed by atoms with Gasteiger partial charge in [-0.3, -0.25) is 14.2 Å². The standard InChI is InChI=1S/C25H24FN5O4S/c1-15-5-8-20(26)19(9-15)17-11-28-25(29-12-17)31-13-22(36(4,34)35)18-7-6-16(10-21(18)31)24(33)30(3)14-23(32)27-2/h5-13H,14H2,1-4H3,(H,27,32). The second-order valence-corrected chi connectivity index (χ2v) is 10.4. The van der Waals surface area contributed by atoms with E-state index < -0.39 is 21.6 Å². The zero-order valence-corrected chi connectivity index (χ0v) is 20.9. The molecule has 0 saturated heterocycles. The van der Waals surface area contributed by atoms with Crippen molar-refractivity contribution < 1.29 is 22.4 Å². The smallest absolute Gasteiger partial charge is 0.254 e. The number of benzene rings is 2. The quantitative estimate of drug-likeness (QED) is 0.428. The molecular formula is C25H24FN5O4S. The maximum atomic E-state index is 14.3. The number of carbonyl (C=O) groups is 2. The van der Waals surface area contributed by atoms with Crippen LogP contribution in [-0.2, 0) is 14.6 Å². The molecule has 2 aromatic carbocycles. The molecule has 0 aliphatic rings. The molecule has 0 radical (unpaired) electrons. The van der Waals surface area contributed by atoms with Gasteiger partial charge in [-0.2, -0.15) is 0 Å². The minimum absolute atomic E-state index is 0.0487. The summed E-state index contributed by atoms with van der Waals surface area (Å²) in [4.78, 5) is 34.6. The van der Waals surface area contributed by atoms with Crippen molar-refractivity contribution in [3.63, 3.8) is 0 Å². The van der Waals surface area contributed by atoms with Crippen LogP contribution < -0.4 is 5.32 Å². The molecule has 0 spiro atoms. The van der Waals surface area contributed by atoms with E-state index in [-0.39, 0.29) is 28.9 Å². The van der Waals surface area contributed by atoms with Gasteiger partial charge >= 0.3 is 0 Å². The molecule has 4 aromatic rings. The molecule has 0 unspecified atom stereocenters. The fraction of sp³-hybridized carbons (Fsp3) is 0.200. The van der Waals surface area contributed by atoms with E-state index in [0.717, 1.165) is 11.8 Å². The van der Waals surface area contributed by atoms with Gasteiger partial charge in [-0.15, -0.1) is 0 Å². The summed E-state index contributed by atoms with van der Waals surface area (Å²) >= 11 is 0. The average Bonchev–Trinajstić information content (AvgIpc) is 3.24. The second-order valence-electron chi connectivity index (χ2n) is 8.46. The number of sulfone groups is 1. The molecule has 4 rings (SSSR count). The highest BCUT2D eigenvalue weighted by atomic mass is 32.2. The maximum absolute atomic E-state index is 14.3. The van der Waals surface area contributed by atoms with Crippen molar-refractivity contribution in [1.82, 2.24) is 24.8 Å². The highest BCUT2D eigenvalue weighted by molar-refractivity contribution is 7.91. The number of rotatable bonds is 6. The Labute approximate surface area is 207 Å². The molecular weight excluding hydrogens is 485 g/mol. The number of hydrogen-bond donors (Lipinski definition) is 1. The normalized spacial score (nSPS) is 11.5. The molecule has 2 heterocycles. The summed E-state index contributed by atoms with van der Waals surface area (Å²) in [7, 11) is -0.649. The van der Waals surface area contributed by atoms with Crippen LogP contribution in [-0.4, -0.2) is 66.6 Å². The lowest BCUT2D eigenvalue weighted by Crippen LogP contribution is -2.36. The molecule has 1 N–H and O–H groups in total. The van der Waals surface area contributed by atoms with E-state index in [1.807, 2.05) is 6.92 Å². The molecule has 0 bridgehead atoms. The van der Waals surface area contributed by atoms with Crippen LogP contribution in [0.3, 0.4) is 0 Å². The molecule has 186 valence electrons. The van der Waals surface area contributed by atoms with Crippen LogP contribution in [0.15, 0.2) is 59.9 Å². The van der Waals surface area contributed by atoms with Gasteiger partial charge in [0, 0.05) is 61.0 Å². The van der Waals surface area contributed by atoms with E-state index in [1.54, 1.807) is 18.2 Å². The number of nitrogens with zero attached hydrogens (tertiary/aromatic N) is 4. The number of likely N-dealkylation sites (N-methyl/N-ethyl adjacent to an activating group) is 2. The molecule has 9 nitrogen and oxygen atoms in total. The number of nitrogens with one attached hydrogen (secondary N) is 1. The molecule has 36 heavy (non-hydrogen) atoms. The zero-order valence-electron chi connectivity index (χ0n) is 20.1. The summed E-state index contributed by atoms with van der Waals surface area (Å²) in [6.07, 6.45) is 5.40. The van der Waals surface area contributed by atoms with E-state index >= 15 is 0 Å². The van der Waals surface area contributed by atoms with Gasteiger partial charge in [0.25, 0.3) is 5.91 Å². The SMILES string of the molecule is CNC(=O)CN(C)C(=O)c1ccc2c(S(C)(=O)=O)cn(-c3ncc(-c4cc(C)ccc4F)cn3)c2c1.